The predicted molar refractivity (Wildman–Crippen MR) is 54.7 cm³/mol. The molecule has 1 rings (SSSR count). The molecule has 0 fully saturated rings. The summed E-state index contributed by atoms with van der Waals surface area (Å²) in [5, 5.41) is 0. The Morgan fingerprint density at radius 3 is 2.38 bits per heavy atom. The number of nitrogens with two attached hydrogens (primary N) is 1. The molecule has 0 saturated heterocycles. The van der Waals surface area contributed by atoms with Crippen molar-refractivity contribution in [2.45, 2.75) is 20.8 Å². The minimum Gasteiger partial charge on any atom is -0.368 e. The molecule has 0 aliphatic rings. The monoisotopic (exact) mass is 180 g/mol. The molecule has 0 saturated carbocycles. The van der Waals surface area contributed by atoms with E-state index >= 15 is 0 Å². The molecule has 4 heteroatoms. The number of nitrogens with zero attached hydrogens (tertiary/aromatic N) is 3. The second-order valence-corrected chi connectivity index (χ2v) is 2.90. The van der Waals surface area contributed by atoms with Crippen LogP contribution in [0.1, 0.15) is 19.5 Å². The molecule has 0 aromatic carbocycles. The fourth-order valence-electron chi connectivity index (χ4n) is 1.28. The van der Waals surface area contributed by atoms with Crippen LogP contribution in [-0.2, 0) is 0 Å². The highest BCUT2D eigenvalue weighted by molar-refractivity contribution is 5.42. The van der Waals surface area contributed by atoms with Gasteiger partial charge in [0.05, 0.1) is 0 Å². The lowest BCUT2D eigenvalue weighted by atomic mass is 10.4. The summed E-state index contributed by atoms with van der Waals surface area (Å²) in [6.45, 7) is 7.98. The van der Waals surface area contributed by atoms with E-state index in [1.54, 1.807) is 0 Å². The number of nitrogen functional groups attached to an aromatic ring is 1. The van der Waals surface area contributed by atoms with Crippen LogP contribution in [0.15, 0.2) is 6.07 Å². The van der Waals surface area contributed by atoms with Gasteiger partial charge in [-0.25, -0.2) is 4.98 Å². The lowest BCUT2D eigenvalue weighted by Gasteiger charge is -2.19. The molecule has 1 aromatic rings. The summed E-state index contributed by atoms with van der Waals surface area (Å²) in [4.78, 5) is 10.3. The lowest BCUT2D eigenvalue weighted by molar-refractivity contribution is 0.841. The molecule has 13 heavy (non-hydrogen) atoms. The zero-order valence-corrected chi connectivity index (χ0v) is 8.41. The first-order chi connectivity index (χ1) is 6.17. The van der Waals surface area contributed by atoms with E-state index in [0.717, 1.165) is 24.6 Å². The van der Waals surface area contributed by atoms with Gasteiger partial charge in [-0.1, -0.05) is 0 Å². The Balaban J connectivity index is 2.99. The molecular weight excluding hydrogens is 164 g/mol. The molecule has 0 radical (unpaired) electrons. The Morgan fingerprint density at radius 1 is 1.31 bits per heavy atom. The first-order valence-corrected chi connectivity index (χ1v) is 4.53. The number of aryl methyl sites for hydroxylation is 1. The van der Waals surface area contributed by atoms with Crippen molar-refractivity contribution in [2.24, 2.45) is 0 Å². The molecule has 2 N–H and O–H groups in total. The standard InChI is InChI=1S/C9H16N4/c1-4-13(5-2)8-6-7(3)11-9(10)12-8/h6H,4-5H2,1-3H3,(H2,10,11,12). The van der Waals surface area contributed by atoms with Crippen molar-refractivity contribution in [3.05, 3.63) is 11.8 Å². The van der Waals surface area contributed by atoms with Crippen LogP contribution in [0.4, 0.5) is 11.8 Å². The van der Waals surface area contributed by atoms with Gasteiger partial charge in [0, 0.05) is 24.8 Å². The van der Waals surface area contributed by atoms with Crippen molar-refractivity contribution in [3.8, 4) is 0 Å². The van der Waals surface area contributed by atoms with E-state index < -0.39 is 0 Å². The maximum atomic E-state index is 5.56. The van der Waals surface area contributed by atoms with E-state index in [1.165, 1.54) is 0 Å². The molecule has 1 aromatic heterocycles. The minimum atomic E-state index is 0.349. The molecule has 0 unspecified atom stereocenters. The van der Waals surface area contributed by atoms with Gasteiger partial charge in [0.2, 0.25) is 5.95 Å². The zero-order valence-electron chi connectivity index (χ0n) is 8.41. The van der Waals surface area contributed by atoms with Crippen molar-refractivity contribution in [3.63, 3.8) is 0 Å². The van der Waals surface area contributed by atoms with E-state index in [1.807, 2.05) is 13.0 Å². The Bertz CT molecular complexity index is 261. The number of aromatic nitrogens is 2. The Hall–Kier alpha value is -1.32. The van der Waals surface area contributed by atoms with Crippen LogP contribution in [0.2, 0.25) is 0 Å². The van der Waals surface area contributed by atoms with Crippen molar-refractivity contribution >= 4 is 11.8 Å². The highest BCUT2D eigenvalue weighted by Gasteiger charge is 2.04. The fourth-order valence-corrected chi connectivity index (χ4v) is 1.28. The average molecular weight is 180 g/mol. The van der Waals surface area contributed by atoms with Gasteiger partial charge in [-0.05, 0) is 20.8 Å². The maximum Gasteiger partial charge on any atom is 0.222 e. The topological polar surface area (TPSA) is 55.0 Å². The first kappa shape index (κ1) is 9.77. The van der Waals surface area contributed by atoms with E-state index in [4.69, 9.17) is 5.73 Å². The van der Waals surface area contributed by atoms with Crippen LogP contribution in [0.25, 0.3) is 0 Å². The minimum absolute atomic E-state index is 0.349. The van der Waals surface area contributed by atoms with Crippen LogP contribution in [0, 0.1) is 6.92 Å². The first-order valence-electron chi connectivity index (χ1n) is 4.53. The number of hydrogen-bond acceptors (Lipinski definition) is 4. The van der Waals surface area contributed by atoms with Crippen LogP contribution >= 0.6 is 0 Å². The van der Waals surface area contributed by atoms with Gasteiger partial charge < -0.3 is 10.6 Å². The van der Waals surface area contributed by atoms with E-state index in [-0.39, 0.29) is 0 Å². The highest BCUT2D eigenvalue weighted by Crippen LogP contribution is 2.12. The molecule has 0 atom stereocenters. The smallest absolute Gasteiger partial charge is 0.222 e. The van der Waals surface area contributed by atoms with Gasteiger partial charge in [-0.3, -0.25) is 0 Å². The summed E-state index contributed by atoms with van der Waals surface area (Å²) in [6, 6.07) is 1.95. The van der Waals surface area contributed by atoms with Crippen LogP contribution in [0.5, 0.6) is 0 Å². The molecule has 4 nitrogen and oxygen atoms in total. The molecule has 0 aliphatic carbocycles. The Labute approximate surface area is 78.8 Å². The Morgan fingerprint density at radius 2 is 1.92 bits per heavy atom. The molecule has 72 valence electrons. The highest BCUT2D eigenvalue weighted by atomic mass is 15.2. The van der Waals surface area contributed by atoms with Crippen molar-refractivity contribution in [2.75, 3.05) is 23.7 Å². The third-order valence-electron chi connectivity index (χ3n) is 1.95. The summed E-state index contributed by atoms with van der Waals surface area (Å²) in [5.74, 6) is 1.26. The van der Waals surface area contributed by atoms with Crippen molar-refractivity contribution in [1.82, 2.24) is 9.97 Å². The largest absolute Gasteiger partial charge is 0.368 e. The summed E-state index contributed by atoms with van der Waals surface area (Å²) in [7, 11) is 0. The van der Waals surface area contributed by atoms with Crippen molar-refractivity contribution < 1.29 is 0 Å². The summed E-state index contributed by atoms with van der Waals surface area (Å²) in [6.07, 6.45) is 0. The predicted octanol–water partition coefficient (Wildman–Crippen LogP) is 1.21. The third-order valence-corrected chi connectivity index (χ3v) is 1.95. The average Bonchev–Trinajstić information content (AvgIpc) is 2.04. The summed E-state index contributed by atoms with van der Waals surface area (Å²) < 4.78 is 0. The van der Waals surface area contributed by atoms with E-state index in [2.05, 4.69) is 28.7 Å². The number of hydrogen-bond donors (Lipinski definition) is 1. The second kappa shape index (κ2) is 4.07. The summed E-state index contributed by atoms with van der Waals surface area (Å²) in [5.41, 5.74) is 6.47. The van der Waals surface area contributed by atoms with Crippen LogP contribution in [0.3, 0.4) is 0 Å². The molecule has 0 aliphatic heterocycles. The van der Waals surface area contributed by atoms with Gasteiger partial charge in [-0.2, -0.15) is 4.98 Å². The SMILES string of the molecule is CCN(CC)c1cc(C)nc(N)n1. The number of rotatable bonds is 3. The molecular formula is C9H16N4. The van der Waals surface area contributed by atoms with Gasteiger partial charge in [0.25, 0.3) is 0 Å². The zero-order chi connectivity index (χ0) is 9.84. The van der Waals surface area contributed by atoms with Gasteiger partial charge in [0.15, 0.2) is 0 Å². The fraction of sp³-hybridized carbons (Fsp3) is 0.556. The Kier molecular flexibility index (Phi) is 3.06. The van der Waals surface area contributed by atoms with Crippen molar-refractivity contribution in [1.29, 1.82) is 0 Å². The summed E-state index contributed by atoms with van der Waals surface area (Å²) >= 11 is 0. The van der Waals surface area contributed by atoms with Gasteiger partial charge in [0.1, 0.15) is 5.82 Å². The molecule has 0 amide bonds. The normalized spacial score (nSPS) is 10.1. The number of anilines is 2. The molecule has 1 heterocycles. The second-order valence-electron chi connectivity index (χ2n) is 2.90. The van der Waals surface area contributed by atoms with Gasteiger partial charge in [-0.15, -0.1) is 0 Å². The molecule has 0 bridgehead atoms. The van der Waals surface area contributed by atoms with Crippen LogP contribution in [-0.4, -0.2) is 23.1 Å². The lowest BCUT2D eigenvalue weighted by Crippen LogP contribution is -2.23. The van der Waals surface area contributed by atoms with E-state index in [0.29, 0.717) is 5.95 Å². The van der Waals surface area contributed by atoms with E-state index in [9.17, 15) is 0 Å². The molecule has 0 spiro atoms. The maximum absolute atomic E-state index is 5.56. The third kappa shape index (κ3) is 2.31. The van der Waals surface area contributed by atoms with Gasteiger partial charge >= 0.3 is 0 Å². The van der Waals surface area contributed by atoms with Crippen LogP contribution < -0.4 is 10.6 Å². The quantitative estimate of drug-likeness (QED) is 0.759.